The van der Waals surface area contributed by atoms with Gasteiger partial charge in [0.1, 0.15) is 11.0 Å². The molecule has 1 saturated heterocycles. The molecule has 0 aliphatic carbocycles. The van der Waals surface area contributed by atoms with Gasteiger partial charge in [-0.2, -0.15) is 0 Å². The zero-order chi connectivity index (χ0) is 13.2. The molecule has 3 rings (SSSR count). The molecule has 1 aliphatic heterocycles. The summed E-state index contributed by atoms with van der Waals surface area (Å²) in [6.07, 6.45) is 3.59. The normalized spacial score (nSPS) is 19.9. The van der Waals surface area contributed by atoms with Crippen molar-refractivity contribution >= 4 is 28.6 Å². The van der Waals surface area contributed by atoms with Gasteiger partial charge in [0.2, 0.25) is 0 Å². The zero-order valence-corrected chi connectivity index (χ0v) is 11.9. The Morgan fingerprint density at radius 3 is 3.21 bits per heavy atom. The van der Waals surface area contributed by atoms with Crippen LogP contribution in [0.3, 0.4) is 0 Å². The molecule has 2 aromatic rings. The third-order valence-corrected chi connectivity index (χ3v) is 5.31. The number of carboxylic acids is 1. The number of aliphatic carboxylic acids is 1. The van der Waals surface area contributed by atoms with Crippen LogP contribution in [0.15, 0.2) is 23.7 Å². The highest BCUT2D eigenvalue weighted by molar-refractivity contribution is 7.20. The van der Waals surface area contributed by atoms with E-state index in [1.807, 2.05) is 22.5 Å². The second-order valence-electron chi connectivity index (χ2n) is 4.58. The van der Waals surface area contributed by atoms with Gasteiger partial charge in [-0.05, 0) is 30.8 Å². The molecule has 0 spiro atoms. The van der Waals surface area contributed by atoms with Crippen LogP contribution in [0.5, 0.6) is 0 Å². The highest BCUT2D eigenvalue weighted by atomic mass is 32.1. The van der Waals surface area contributed by atoms with Crippen molar-refractivity contribution in [3.05, 3.63) is 28.6 Å². The van der Waals surface area contributed by atoms with Crippen LogP contribution >= 0.6 is 22.7 Å². The van der Waals surface area contributed by atoms with Crippen LogP contribution in [0.1, 0.15) is 17.7 Å². The van der Waals surface area contributed by atoms with E-state index in [1.165, 1.54) is 4.88 Å². The first kappa shape index (κ1) is 12.8. The fourth-order valence-corrected chi connectivity index (χ4v) is 4.13. The Kier molecular flexibility index (Phi) is 3.63. The molecule has 6 heteroatoms. The van der Waals surface area contributed by atoms with E-state index in [9.17, 15) is 4.79 Å². The number of thiazole rings is 1. The lowest BCUT2D eigenvalue weighted by Crippen LogP contribution is -2.35. The van der Waals surface area contributed by atoms with E-state index < -0.39 is 5.97 Å². The second-order valence-corrected chi connectivity index (χ2v) is 6.64. The molecule has 100 valence electrons. The average molecular weight is 294 g/mol. The molecule has 4 nitrogen and oxygen atoms in total. The predicted octanol–water partition coefficient (Wildman–Crippen LogP) is 2.92. The predicted molar refractivity (Wildman–Crippen MR) is 76.5 cm³/mol. The molecule has 1 atom stereocenters. The summed E-state index contributed by atoms with van der Waals surface area (Å²) in [5, 5.41) is 12.2. The van der Waals surface area contributed by atoms with E-state index in [2.05, 4.69) is 11.1 Å². The lowest BCUT2D eigenvalue weighted by atomic mass is 10.2. The Hall–Kier alpha value is -1.24. The molecule has 0 bridgehead atoms. The van der Waals surface area contributed by atoms with Crippen molar-refractivity contribution in [3.8, 4) is 9.88 Å². The minimum Gasteiger partial charge on any atom is -0.480 e. The summed E-state index contributed by atoms with van der Waals surface area (Å²) in [6, 6.07) is 3.75. The molecule has 0 amide bonds. The summed E-state index contributed by atoms with van der Waals surface area (Å²) in [4.78, 5) is 19.9. The highest BCUT2D eigenvalue weighted by Crippen LogP contribution is 2.30. The van der Waals surface area contributed by atoms with Gasteiger partial charge in [-0.3, -0.25) is 9.69 Å². The van der Waals surface area contributed by atoms with Crippen molar-refractivity contribution in [2.75, 3.05) is 6.54 Å². The van der Waals surface area contributed by atoms with Gasteiger partial charge in [-0.25, -0.2) is 4.98 Å². The monoisotopic (exact) mass is 294 g/mol. The number of carboxylic acid groups (broad SMARTS) is 1. The molecule has 0 saturated carbocycles. The number of thiophene rings is 1. The van der Waals surface area contributed by atoms with E-state index >= 15 is 0 Å². The van der Waals surface area contributed by atoms with Crippen LogP contribution in [-0.2, 0) is 11.3 Å². The van der Waals surface area contributed by atoms with Crippen molar-refractivity contribution in [1.29, 1.82) is 0 Å². The third-order valence-electron chi connectivity index (χ3n) is 3.29. The van der Waals surface area contributed by atoms with Gasteiger partial charge in [0, 0.05) is 17.6 Å². The van der Waals surface area contributed by atoms with Crippen molar-refractivity contribution in [2.24, 2.45) is 0 Å². The van der Waals surface area contributed by atoms with Crippen LogP contribution in [0.4, 0.5) is 0 Å². The second kappa shape index (κ2) is 5.40. The molecule has 1 aliphatic rings. The van der Waals surface area contributed by atoms with Crippen molar-refractivity contribution in [1.82, 2.24) is 9.88 Å². The summed E-state index contributed by atoms with van der Waals surface area (Å²) in [5.74, 6) is -0.708. The van der Waals surface area contributed by atoms with Crippen molar-refractivity contribution < 1.29 is 9.90 Å². The number of carbonyl (C=O) groups is 1. The number of rotatable bonds is 4. The zero-order valence-electron chi connectivity index (χ0n) is 10.3. The standard InChI is InChI=1S/C13H14N2O2S2/c16-13(17)10-3-1-5-15(10)8-9-7-14-12(19-9)11-4-2-6-18-11/h2,4,6-7,10H,1,3,5,8H2,(H,16,17)/t10-/m1/s1. The van der Waals surface area contributed by atoms with Gasteiger partial charge >= 0.3 is 5.97 Å². The number of likely N-dealkylation sites (tertiary alicyclic amines) is 1. The molecule has 0 radical (unpaired) electrons. The third kappa shape index (κ3) is 2.70. The number of nitrogens with zero attached hydrogens (tertiary/aromatic N) is 2. The quantitative estimate of drug-likeness (QED) is 0.942. The van der Waals surface area contributed by atoms with Crippen LogP contribution < -0.4 is 0 Å². The summed E-state index contributed by atoms with van der Waals surface area (Å²) >= 11 is 3.33. The molecular weight excluding hydrogens is 280 g/mol. The summed E-state index contributed by atoms with van der Waals surface area (Å²) in [7, 11) is 0. The lowest BCUT2D eigenvalue weighted by molar-refractivity contribution is -0.142. The van der Waals surface area contributed by atoms with Crippen molar-refractivity contribution in [3.63, 3.8) is 0 Å². The summed E-state index contributed by atoms with van der Waals surface area (Å²) in [6.45, 7) is 1.56. The Bertz CT molecular complexity index is 565. The molecule has 1 fully saturated rings. The molecule has 3 heterocycles. The molecule has 1 N–H and O–H groups in total. The Morgan fingerprint density at radius 1 is 1.58 bits per heavy atom. The maximum absolute atomic E-state index is 11.1. The fraction of sp³-hybridized carbons (Fsp3) is 0.385. The van der Waals surface area contributed by atoms with Gasteiger partial charge in [-0.1, -0.05) is 6.07 Å². The first-order valence-corrected chi connectivity index (χ1v) is 7.89. The minimum atomic E-state index is -0.708. The maximum atomic E-state index is 11.1. The van der Waals surface area contributed by atoms with Gasteiger partial charge in [0.15, 0.2) is 0 Å². The van der Waals surface area contributed by atoms with Gasteiger partial charge in [0.25, 0.3) is 0 Å². The van der Waals surface area contributed by atoms with Gasteiger partial charge < -0.3 is 5.11 Å². The lowest BCUT2D eigenvalue weighted by Gasteiger charge is -2.19. The minimum absolute atomic E-state index is 0.327. The van der Waals surface area contributed by atoms with Crippen LogP contribution in [0, 0.1) is 0 Å². The van der Waals surface area contributed by atoms with Crippen LogP contribution in [0.25, 0.3) is 9.88 Å². The van der Waals surface area contributed by atoms with Gasteiger partial charge in [0.05, 0.1) is 4.88 Å². The van der Waals surface area contributed by atoms with E-state index in [0.29, 0.717) is 6.54 Å². The van der Waals surface area contributed by atoms with Crippen molar-refractivity contribution in [2.45, 2.75) is 25.4 Å². The summed E-state index contributed by atoms with van der Waals surface area (Å²) < 4.78 is 0. The van der Waals surface area contributed by atoms with Gasteiger partial charge in [-0.15, -0.1) is 22.7 Å². The number of hydrogen-bond donors (Lipinski definition) is 1. The molecule has 19 heavy (non-hydrogen) atoms. The SMILES string of the molecule is O=C(O)[C@H]1CCCN1Cc1cnc(-c2cccs2)s1. The maximum Gasteiger partial charge on any atom is 0.320 e. The van der Waals surface area contributed by atoms with Crippen LogP contribution in [-0.4, -0.2) is 33.5 Å². The number of aromatic nitrogens is 1. The topological polar surface area (TPSA) is 53.4 Å². The van der Waals surface area contributed by atoms with Crippen LogP contribution in [0.2, 0.25) is 0 Å². The van der Waals surface area contributed by atoms with E-state index in [-0.39, 0.29) is 6.04 Å². The molecule has 0 aromatic carbocycles. The molecule has 2 aromatic heterocycles. The van der Waals surface area contributed by atoms with E-state index in [1.54, 1.807) is 22.7 Å². The first-order chi connectivity index (χ1) is 9.24. The largest absolute Gasteiger partial charge is 0.480 e. The Labute approximate surface area is 119 Å². The highest BCUT2D eigenvalue weighted by Gasteiger charge is 2.30. The van der Waals surface area contributed by atoms with E-state index in [4.69, 9.17) is 5.11 Å². The Balaban J connectivity index is 1.72. The smallest absolute Gasteiger partial charge is 0.320 e. The first-order valence-electron chi connectivity index (χ1n) is 6.19. The molecule has 0 unspecified atom stereocenters. The summed E-state index contributed by atoms with van der Waals surface area (Å²) in [5.41, 5.74) is 0. The Morgan fingerprint density at radius 2 is 2.47 bits per heavy atom. The van der Waals surface area contributed by atoms with E-state index in [0.717, 1.165) is 29.3 Å². The number of hydrogen-bond acceptors (Lipinski definition) is 5. The fourth-order valence-electron chi connectivity index (χ4n) is 2.39. The molecular formula is C13H14N2O2S2. The average Bonchev–Trinajstić information content (AvgIpc) is 3.09.